The second-order valence-corrected chi connectivity index (χ2v) is 8.46. The minimum absolute atomic E-state index is 0.386. The van der Waals surface area contributed by atoms with Crippen LogP contribution in [0.15, 0.2) is 97.7 Å². The number of hydrogen-bond acceptors (Lipinski definition) is 4. The van der Waals surface area contributed by atoms with Gasteiger partial charge >= 0.3 is 0 Å². The highest BCUT2D eigenvalue weighted by Crippen LogP contribution is 2.38. The minimum Gasteiger partial charge on any atom is -0.491 e. The van der Waals surface area contributed by atoms with Crippen molar-refractivity contribution in [3.63, 3.8) is 0 Å². The molecule has 1 aliphatic heterocycles. The van der Waals surface area contributed by atoms with Crippen molar-refractivity contribution in [3.05, 3.63) is 109 Å². The van der Waals surface area contributed by atoms with Crippen molar-refractivity contribution in [2.24, 2.45) is 5.73 Å². The second-order valence-electron chi connectivity index (χ2n) is 8.46. The van der Waals surface area contributed by atoms with E-state index in [0.29, 0.717) is 17.9 Å². The molecule has 0 spiro atoms. The molecule has 1 heterocycles. The van der Waals surface area contributed by atoms with Crippen LogP contribution in [0.5, 0.6) is 5.75 Å². The molecule has 1 fully saturated rings. The summed E-state index contributed by atoms with van der Waals surface area (Å²) in [5, 5.41) is 0. The summed E-state index contributed by atoms with van der Waals surface area (Å²) in [7, 11) is 0. The summed E-state index contributed by atoms with van der Waals surface area (Å²) >= 11 is 0. The van der Waals surface area contributed by atoms with Crippen LogP contribution in [-0.4, -0.2) is 50.3 Å². The second kappa shape index (κ2) is 14.7. The van der Waals surface area contributed by atoms with E-state index >= 15 is 0 Å². The van der Waals surface area contributed by atoms with E-state index in [1.165, 1.54) is 0 Å². The molecular formula is C31H36N2O3. The molecule has 0 bridgehead atoms. The maximum absolute atomic E-state index is 12.4. The Morgan fingerprint density at radius 2 is 1.81 bits per heavy atom. The summed E-state index contributed by atoms with van der Waals surface area (Å²) in [5.74, 6) is 0.0282. The molecule has 5 heteroatoms. The Labute approximate surface area is 214 Å². The van der Waals surface area contributed by atoms with E-state index < -0.39 is 5.91 Å². The lowest BCUT2D eigenvalue weighted by atomic mass is 9.91. The number of nitrogens with two attached hydrogens (primary N) is 1. The third kappa shape index (κ3) is 7.94. The standard InChI is InChI=1S/C31H36N2O3/c1-3-4-5-6-7-8-9-11-14-25(2)29-27(26-15-12-10-13-16-26)17-18-28(31(32)34)30(29)36-24-21-33-19-22-35-23-20-33/h3-5,7-18H,1,6,19-24H2,2H3,(H2,32,34)/b5-4+,8-7+,11-9+,25-14-. The first-order valence-corrected chi connectivity index (χ1v) is 12.3. The molecule has 36 heavy (non-hydrogen) atoms. The van der Waals surface area contributed by atoms with E-state index in [1.807, 2.05) is 67.6 Å². The monoisotopic (exact) mass is 484 g/mol. The van der Waals surface area contributed by atoms with Crippen LogP contribution in [0, 0.1) is 0 Å². The van der Waals surface area contributed by atoms with Crippen LogP contribution in [-0.2, 0) is 4.74 Å². The molecular weight excluding hydrogens is 448 g/mol. The first-order valence-electron chi connectivity index (χ1n) is 12.3. The third-order valence-corrected chi connectivity index (χ3v) is 5.91. The van der Waals surface area contributed by atoms with E-state index in [-0.39, 0.29) is 0 Å². The lowest BCUT2D eigenvalue weighted by molar-refractivity contribution is 0.0322. The number of allylic oxidation sites excluding steroid dienone is 9. The van der Waals surface area contributed by atoms with Crippen molar-refractivity contribution in [1.29, 1.82) is 0 Å². The zero-order chi connectivity index (χ0) is 25.6. The van der Waals surface area contributed by atoms with E-state index in [0.717, 1.165) is 61.5 Å². The fraction of sp³-hybridized carbons (Fsp3) is 0.258. The van der Waals surface area contributed by atoms with Crippen LogP contribution >= 0.6 is 0 Å². The van der Waals surface area contributed by atoms with Crippen molar-refractivity contribution in [3.8, 4) is 16.9 Å². The van der Waals surface area contributed by atoms with Crippen molar-refractivity contribution in [2.75, 3.05) is 39.5 Å². The van der Waals surface area contributed by atoms with Gasteiger partial charge in [-0.1, -0.05) is 91.6 Å². The van der Waals surface area contributed by atoms with Crippen LogP contribution in [0.3, 0.4) is 0 Å². The van der Waals surface area contributed by atoms with Gasteiger partial charge in [-0.3, -0.25) is 9.69 Å². The predicted octanol–water partition coefficient (Wildman–Crippen LogP) is 5.81. The first kappa shape index (κ1) is 26.9. The number of hydrogen-bond donors (Lipinski definition) is 1. The van der Waals surface area contributed by atoms with Gasteiger partial charge in [0.15, 0.2) is 0 Å². The fourth-order valence-electron chi connectivity index (χ4n) is 4.04. The highest BCUT2D eigenvalue weighted by atomic mass is 16.5. The fourth-order valence-corrected chi connectivity index (χ4v) is 4.04. The van der Waals surface area contributed by atoms with Crippen LogP contribution in [0.25, 0.3) is 16.7 Å². The molecule has 2 N–H and O–H groups in total. The number of nitrogens with zero attached hydrogens (tertiary/aromatic N) is 1. The predicted molar refractivity (Wildman–Crippen MR) is 149 cm³/mol. The molecule has 1 aliphatic rings. The lowest BCUT2D eigenvalue weighted by Gasteiger charge is -2.27. The number of benzene rings is 2. The molecule has 3 rings (SSSR count). The van der Waals surface area contributed by atoms with Crippen molar-refractivity contribution in [2.45, 2.75) is 13.3 Å². The Morgan fingerprint density at radius 3 is 2.53 bits per heavy atom. The average molecular weight is 485 g/mol. The van der Waals surface area contributed by atoms with Gasteiger partial charge in [-0.15, -0.1) is 0 Å². The van der Waals surface area contributed by atoms with Crippen molar-refractivity contribution in [1.82, 2.24) is 4.90 Å². The number of ether oxygens (including phenoxy) is 2. The van der Waals surface area contributed by atoms with Crippen LogP contribution in [0.1, 0.15) is 29.3 Å². The number of morpholine rings is 1. The average Bonchev–Trinajstić information content (AvgIpc) is 2.90. The van der Waals surface area contributed by atoms with Crippen LogP contribution in [0.4, 0.5) is 0 Å². The molecule has 188 valence electrons. The minimum atomic E-state index is -0.504. The SMILES string of the molecule is C=C/C=C/C/C=C/C=C/C=C(/C)c1c(-c2ccccc2)ccc(C(N)=O)c1OCCN1CCOCC1. The third-order valence-electron chi connectivity index (χ3n) is 5.91. The Kier molecular flexibility index (Phi) is 11.0. The van der Waals surface area contributed by atoms with Gasteiger partial charge in [0.25, 0.3) is 5.91 Å². The maximum Gasteiger partial charge on any atom is 0.252 e. The molecule has 1 saturated heterocycles. The highest BCUT2D eigenvalue weighted by molar-refractivity contribution is 6.00. The topological polar surface area (TPSA) is 64.8 Å². The maximum atomic E-state index is 12.4. The summed E-state index contributed by atoms with van der Waals surface area (Å²) in [5.41, 5.74) is 10.1. The number of carbonyl (C=O) groups excluding carboxylic acids is 1. The first-order chi connectivity index (χ1) is 17.6. The summed E-state index contributed by atoms with van der Waals surface area (Å²) in [4.78, 5) is 14.7. The smallest absolute Gasteiger partial charge is 0.252 e. The molecule has 2 aromatic rings. The normalized spacial score (nSPS) is 15.2. The molecule has 2 aromatic carbocycles. The zero-order valence-corrected chi connectivity index (χ0v) is 21.1. The van der Waals surface area contributed by atoms with Crippen molar-refractivity contribution < 1.29 is 14.3 Å². The molecule has 0 saturated carbocycles. The van der Waals surface area contributed by atoms with Gasteiger partial charge < -0.3 is 15.2 Å². The number of amides is 1. The Hall–Kier alpha value is -3.67. The highest BCUT2D eigenvalue weighted by Gasteiger charge is 2.21. The Balaban J connectivity index is 1.94. The molecule has 5 nitrogen and oxygen atoms in total. The molecule has 1 amide bonds. The number of carbonyl (C=O) groups is 1. The van der Waals surface area contributed by atoms with Gasteiger partial charge in [-0.05, 0) is 36.1 Å². The van der Waals surface area contributed by atoms with Gasteiger partial charge in [0, 0.05) is 25.2 Å². The molecule has 0 aliphatic carbocycles. The van der Waals surface area contributed by atoms with Crippen LogP contribution < -0.4 is 10.5 Å². The lowest BCUT2D eigenvalue weighted by Crippen LogP contribution is -2.38. The van der Waals surface area contributed by atoms with E-state index in [1.54, 1.807) is 12.1 Å². The Morgan fingerprint density at radius 1 is 1.06 bits per heavy atom. The largest absolute Gasteiger partial charge is 0.491 e. The van der Waals surface area contributed by atoms with Gasteiger partial charge in [0.05, 0.1) is 18.8 Å². The summed E-state index contributed by atoms with van der Waals surface area (Å²) in [6.07, 6.45) is 16.7. The van der Waals surface area contributed by atoms with Gasteiger partial charge in [0.1, 0.15) is 12.4 Å². The zero-order valence-electron chi connectivity index (χ0n) is 21.1. The van der Waals surface area contributed by atoms with Crippen LogP contribution in [0.2, 0.25) is 0 Å². The quantitative estimate of drug-likeness (QED) is 0.386. The molecule has 0 aromatic heterocycles. The molecule has 0 radical (unpaired) electrons. The van der Waals surface area contributed by atoms with Gasteiger partial charge in [-0.2, -0.15) is 0 Å². The van der Waals surface area contributed by atoms with Crippen molar-refractivity contribution >= 4 is 11.5 Å². The summed E-state index contributed by atoms with van der Waals surface area (Å²) in [6, 6.07) is 13.8. The molecule has 0 unspecified atom stereocenters. The summed E-state index contributed by atoms with van der Waals surface area (Å²) in [6.45, 7) is 10.1. The van der Waals surface area contributed by atoms with Gasteiger partial charge in [0.2, 0.25) is 0 Å². The van der Waals surface area contributed by atoms with E-state index in [4.69, 9.17) is 15.2 Å². The number of rotatable bonds is 12. The van der Waals surface area contributed by atoms with E-state index in [2.05, 4.69) is 29.7 Å². The number of primary amides is 1. The molecule has 0 atom stereocenters. The summed E-state index contributed by atoms with van der Waals surface area (Å²) < 4.78 is 11.8. The Bertz CT molecular complexity index is 1120. The van der Waals surface area contributed by atoms with E-state index in [9.17, 15) is 4.79 Å². The van der Waals surface area contributed by atoms with Gasteiger partial charge in [-0.25, -0.2) is 0 Å².